The summed E-state index contributed by atoms with van der Waals surface area (Å²) >= 11 is 0. The van der Waals surface area contributed by atoms with Gasteiger partial charge in [-0.25, -0.2) is 4.98 Å². The van der Waals surface area contributed by atoms with Gasteiger partial charge in [-0.15, -0.1) is 0 Å². The van der Waals surface area contributed by atoms with Crippen LogP contribution < -0.4 is 0 Å². The Kier molecular flexibility index (Phi) is 9.23. The fourth-order valence-electron chi connectivity index (χ4n) is 1.65. The molecule has 0 aliphatic rings. The number of aliphatic carboxylic acids is 1. The minimum absolute atomic E-state index is 0.0414. The SMILES string of the molecule is CCCN(Cc1nccn1C)C(=O)CCC(=O)O.O=CO. The van der Waals surface area contributed by atoms with Crippen LogP contribution in [0.5, 0.6) is 0 Å². The summed E-state index contributed by atoms with van der Waals surface area (Å²) in [4.78, 5) is 36.6. The molecule has 1 aromatic rings. The van der Waals surface area contributed by atoms with E-state index < -0.39 is 5.97 Å². The van der Waals surface area contributed by atoms with Crippen LogP contribution in [0.15, 0.2) is 12.4 Å². The van der Waals surface area contributed by atoms with Crippen molar-refractivity contribution in [2.45, 2.75) is 32.7 Å². The minimum atomic E-state index is -0.947. The van der Waals surface area contributed by atoms with Crippen molar-refractivity contribution >= 4 is 18.3 Å². The van der Waals surface area contributed by atoms with Crippen molar-refractivity contribution in [1.29, 1.82) is 0 Å². The standard InChI is InChI=1S/C12H19N3O3.CH2O2/c1-3-7-15(11(16)4-5-12(17)18)9-10-13-6-8-14(10)2;2-1-3/h6,8H,3-5,7,9H2,1-2H3,(H,17,18);1H,(H,2,3). The number of carbonyl (C=O) groups excluding carboxylic acids is 1. The highest BCUT2D eigenvalue weighted by molar-refractivity contribution is 5.80. The first-order chi connectivity index (χ1) is 9.96. The van der Waals surface area contributed by atoms with Gasteiger partial charge in [0.05, 0.1) is 13.0 Å². The molecule has 2 N–H and O–H groups in total. The Balaban J connectivity index is 0.00000122. The summed E-state index contributed by atoms with van der Waals surface area (Å²) in [6, 6.07) is 0. The van der Waals surface area contributed by atoms with Crippen LogP contribution in [0.3, 0.4) is 0 Å². The van der Waals surface area contributed by atoms with E-state index in [9.17, 15) is 9.59 Å². The molecule has 0 radical (unpaired) electrons. The molecule has 118 valence electrons. The van der Waals surface area contributed by atoms with Crippen LogP contribution in [0.4, 0.5) is 0 Å². The van der Waals surface area contributed by atoms with Gasteiger partial charge in [-0.3, -0.25) is 14.4 Å². The molecule has 0 saturated heterocycles. The van der Waals surface area contributed by atoms with Gasteiger partial charge in [0.1, 0.15) is 5.82 Å². The van der Waals surface area contributed by atoms with E-state index in [0.29, 0.717) is 13.1 Å². The lowest BCUT2D eigenvalue weighted by Crippen LogP contribution is -2.32. The van der Waals surface area contributed by atoms with Crippen molar-refractivity contribution in [2.24, 2.45) is 7.05 Å². The van der Waals surface area contributed by atoms with Gasteiger partial charge >= 0.3 is 5.97 Å². The van der Waals surface area contributed by atoms with Gasteiger partial charge in [0.25, 0.3) is 6.47 Å². The summed E-state index contributed by atoms with van der Waals surface area (Å²) in [6.45, 7) is 2.77. The maximum atomic E-state index is 11.9. The number of rotatable bonds is 7. The molecule has 0 atom stereocenters. The first kappa shape index (κ1) is 18.6. The van der Waals surface area contributed by atoms with Crippen LogP contribution >= 0.6 is 0 Å². The molecule has 0 aliphatic heterocycles. The highest BCUT2D eigenvalue weighted by Gasteiger charge is 2.16. The number of nitrogens with zero attached hydrogens (tertiary/aromatic N) is 3. The number of carboxylic acids is 1. The van der Waals surface area contributed by atoms with E-state index in [-0.39, 0.29) is 25.2 Å². The number of aromatic nitrogens is 2. The van der Waals surface area contributed by atoms with E-state index in [1.54, 1.807) is 11.1 Å². The van der Waals surface area contributed by atoms with Crippen LogP contribution in [0, 0.1) is 0 Å². The summed E-state index contributed by atoms with van der Waals surface area (Å²) in [7, 11) is 1.87. The second-order valence-corrected chi connectivity index (χ2v) is 4.27. The van der Waals surface area contributed by atoms with Crippen LogP contribution in [0.1, 0.15) is 32.0 Å². The molecule has 8 nitrogen and oxygen atoms in total. The van der Waals surface area contributed by atoms with Crippen LogP contribution in [-0.2, 0) is 28.0 Å². The number of amides is 1. The van der Waals surface area contributed by atoms with Crippen molar-refractivity contribution in [3.8, 4) is 0 Å². The van der Waals surface area contributed by atoms with Gasteiger partial charge in [0.15, 0.2) is 0 Å². The summed E-state index contributed by atoms with van der Waals surface area (Å²) in [5.41, 5.74) is 0. The van der Waals surface area contributed by atoms with Crippen molar-refractivity contribution in [1.82, 2.24) is 14.5 Å². The molecular weight excluding hydrogens is 278 g/mol. The van der Waals surface area contributed by atoms with Gasteiger partial charge in [0.2, 0.25) is 5.91 Å². The van der Waals surface area contributed by atoms with Crippen molar-refractivity contribution < 1.29 is 24.6 Å². The third-order valence-electron chi connectivity index (χ3n) is 2.65. The molecule has 0 unspecified atom stereocenters. The highest BCUT2D eigenvalue weighted by atomic mass is 16.4. The van der Waals surface area contributed by atoms with Gasteiger partial charge in [-0.05, 0) is 6.42 Å². The lowest BCUT2D eigenvalue weighted by molar-refractivity contribution is -0.141. The van der Waals surface area contributed by atoms with E-state index in [1.807, 2.05) is 24.7 Å². The van der Waals surface area contributed by atoms with Gasteiger partial charge in [-0.2, -0.15) is 0 Å². The monoisotopic (exact) mass is 299 g/mol. The van der Waals surface area contributed by atoms with E-state index in [0.717, 1.165) is 12.2 Å². The van der Waals surface area contributed by atoms with E-state index in [2.05, 4.69) is 4.98 Å². The molecule has 0 aliphatic carbocycles. The molecule has 0 saturated carbocycles. The molecule has 8 heteroatoms. The zero-order valence-electron chi connectivity index (χ0n) is 12.2. The van der Waals surface area contributed by atoms with Gasteiger partial charge < -0.3 is 19.7 Å². The number of carboxylic acid groups (broad SMARTS) is 2. The Bertz CT molecular complexity index is 458. The normalized spacial score (nSPS) is 9.43. The van der Waals surface area contributed by atoms with Crippen LogP contribution in [0.25, 0.3) is 0 Å². The predicted molar refractivity (Wildman–Crippen MR) is 74.5 cm³/mol. The summed E-state index contributed by atoms with van der Waals surface area (Å²) in [5, 5.41) is 15.5. The molecule has 0 spiro atoms. The Morgan fingerprint density at radius 2 is 2.05 bits per heavy atom. The number of carbonyl (C=O) groups is 3. The Morgan fingerprint density at radius 3 is 2.48 bits per heavy atom. The summed E-state index contributed by atoms with van der Waals surface area (Å²) in [5.74, 6) is -0.286. The second-order valence-electron chi connectivity index (χ2n) is 4.27. The van der Waals surface area contributed by atoms with E-state index in [4.69, 9.17) is 15.0 Å². The maximum absolute atomic E-state index is 11.9. The van der Waals surface area contributed by atoms with Gasteiger partial charge in [-0.1, -0.05) is 6.92 Å². The zero-order chi connectivity index (χ0) is 16.3. The molecule has 1 aromatic heterocycles. The summed E-state index contributed by atoms with van der Waals surface area (Å²) in [6.07, 6.45) is 4.25. The topological polar surface area (TPSA) is 113 Å². The van der Waals surface area contributed by atoms with E-state index >= 15 is 0 Å². The second kappa shape index (κ2) is 10.4. The van der Waals surface area contributed by atoms with Gasteiger partial charge in [0, 0.05) is 32.4 Å². The predicted octanol–water partition coefficient (Wildman–Crippen LogP) is 0.724. The highest BCUT2D eigenvalue weighted by Crippen LogP contribution is 2.06. The van der Waals surface area contributed by atoms with Crippen molar-refractivity contribution in [2.75, 3.05) is 6.54 Å². The average molecular weight is 299 g/mol. The van der Waals surface area contributed by atoms with Crippen LogP contribution in [-0.4, -0.2) is 49.6 Å². The molecule has 21 heavy (non-hydrogen) atoms. The minimum Gasteiger partial charge on any atom is -0.483 e. The molecule has 1 heterocycles. The number of hydrogen-bond acceptors (Lipinski definition) is 4. The molecule has 1 amide bonds. The van der Waals surface area contributed by atoms with Crippen LogP contribution in [0.2, 0.25) is 0 Å². The number of imidazole rings is 1. The zero-order valence-corrected chi connectivity index (χ0v) is 12.2. The lowest BCUT2D eigenvalue weighted by atomic mass is 10.2. The Labute approximate surface area is 123 Å². The maximum Gasteiger partial charge on any atom is 0.303 e. The third-order valence-corrected chi connectivity index (χ3v) is 2.65. The van der Waals surface area contributed by atoms with E-state index in [1.165, 1.54) is 0 Å². The number of hydrogen-bond donors (Lipinski definition) is 2. The fourth-order valence-corrected chi connectivity index (χ4v) is 1.65. The van der Waals surface area contributed by atoms with Crippen molar-refractivity contribution in [3.63, 3.8) is 0 Å². The molecule has 0 fully saturated rings. The third kappa shape index (κ3) is 7.71. The smallest absolute Gasteiger partial charge is 0.303 e. The molecular formula is C13H21N3O5. The quantitative estimate of drug-likeness (QED) is 0.717. The average Bonchev–Trinajstić information content (AvgIpc) is 2.82. The molecule has 1 rings (SSSR count). The molecule has 0 aromatic carbocycles. The van der Waals surface area contributed by atoms with Crippen molar-refractivity contribution in [3.05, 3.63) is 18.2 Å². The number of aryl methyl sites for hydroxylation is 1. The fraction of sp³-hybridized carbons (Fsp3) is 0.538. The largest absolute Gasteiger partial charge is 0.483 e. The lowest BCUT2D eigenvalue weighted by Gasteiger charge is -2.21. The Hall–Kier alpha value is -2.38. The molecule has 0 bridgehead atoms. The first-order valence-corrected chi connectivity index (χ1v) is 6.49. The first-order valence-electron chi connectivity index (χ1n) is 6.49. The Morgan fingerprint density at radius 1 is 1.43 bits per heavy atom. The summed E-state index contributed by atoms with van der Waals surface area (Å²) < 4.78 is 1.85.